The molecule has 2 aromatic rings. The Kier molecular flexibility index (Phi) is 4.87. The van der Waals surface area contributed by atoms with Crippen molar-refractivity contribution in [3.8, 4) is 11.8 Å². The molecule has 1 heterocycles. The number of aromatic hydroxyl groups is 1. The van der Waals surface area contributed by atoms with E-state index >= 15 is 0 Å². The third kappa shape index (κ3) is 3.61. The fraction of sp³-hybridized carbons (Fsp3) is 0.235. The fourth-order valence-corrected chi connectivity index (χ4v) is 2.39. The summed E-state index contributed by atoms with van der Waals surface area (Å²) in [6, 6.07) is 7.19. The molecule has 2 rings (SSSR count). The highest BCUT2D eigenvalue weighted by atomic mass is 35.5. The number of hydrogen-bond donors (Lipinski definition) is 1. The largest absolute Gasteiger partial charge is 0.507 e. The molecule has 0 atom stereocenters. The normalized spacial score (nSPS) is 10.6. The van der Waals surface area contributed by atoms with E-state index in [9.17, 15) is 14.7 Å². The Morgan fingerprint density at radius 1 is 1.39 bits per heavy atom. The van der Waals surface area contributed by atoms with Crippen LogP contribution in [0.2, 0.25) is 5.02 Å². The van der Waals surface area contributed by atoms with E-state index < -0.39 is 11.3 Å². The number of pyridine rings is 1. The van der Waals surface area contributed by atoms with Gasteiger partial charge in [-0.1, -0.05) is 25.4 Å². The Balaban J connectivity index is 2.59. The lowest BCUT2D eigenvalue weighted by atomic mass is 10.0. The average molecular weight is 331 g/mol. The molecule has 0 unspecified atom stereocenters. The molecule has 1 aromatic carbocycles. The third-order valence-corrected chi connectivity index (χ3v) is 3.47. The maximum absolute atomic E-state index is 12.6. The first-order valence-corrected chi connectivity index (χ1v) is 7.39. The van der Waals surface area contributed by atoms with Crippen molar-refractivity contribution in [2.24, 2.45) is 5.92 Å². The second kappa shape index (κ2) is 6.67. The summed E-state index contributed by atoms with van der Waals surface area (Å²) in [5.41, 5.74) is -0.374. The van der Waals surface area contributed by atoms with Crippen LogP contribution in [0.5, 0.6) is 5.75 Å². The van der Waals surface area contributed by atoms with Crippen LogP contribution in [0.15, 0.2) is 35.3 Å². The lowest BCUT2D eigenvalue weighted by molar-refractivity contribution is 0.103. The van der Waals surface area contributed by atoms with Gasteiger partial charge in [0.1, 0.15) is 17.4 Å². The summed E-state index contributed by atoms with van der Waals surface area (Å²) in [5, 5.41) is 19.3. The van der Waals surface area contributed by atoms with E-state index in [2.05, 4.69) is 0 Å². The van der Waals surface area contributed by atoms with Gasteiger partial charge in [-0.2, -0.15) is 5.26 Å². The molecule has 0 aliphatic heterocycles. The number of phenols is 1. The molecule has 0 spiro atoms. The van der Waals surface area contributed by atoms with Crippen LogP contribution in [0.3, 0.4) is 0 Å². The maximum atomic E-state index is 12.6. The summed E-state index contributed by atoms with van der Waals surface area (Å²) in [6.45, 7) is 4.24. The van der Waals surface area contributed by atoms with Gasteiger partial charge >= 0.3 is 0 Å². The first kappa shape index (κ1) is 16.8. The average Bonchev–Trinajstić information content (AvgIpc) is 2.50. The number of halogens is 1. The minimum absolute atomic E-state index is 0.0242. The van der Waals surface area contributed by atoms with Gasteiger partial charge in [0.05, 0.1) is 5.56 Å². The summed E-state index contributed by atoms with van der Waals surface area (Å²) in [7, 11) is 0. The van der Waals surface area contributed by atoms with Crippen molar-refractivity contribution < 1.29 is 9.90 Å². The highest BCUT2D eigenvalue weighted by Crippen LogP contribution is 2.24. The number of carbonyl (C=O) groups is 1. The van der Waals surface area contributed by atoms with Crippen LogP contribution in [-0.4, -0.2) is 15.5 Å². The Morgan fingerprint density at radius 2 is 2.09 bits per heavy atom. The minimum Gasteiger partial charge on any atom is -0.507 e. The van der Waals surface area contributed by atoms with Gasteiger partial charge in [0.25, 0.3) is 5.56 Å². The number of nitriles is 1. The first-order chi connectivity index (χ1) is 10.8. The van der Waals surface area contributed by atoms with Gasteiger partial charge in [-0.05, 0) is 30.2 Å². The third-order valence-electron chi connectivity index (χ3n) is 3.23. The van der Waals surface area contributed by atoms with Gasteiger partial charge in [-0.15, -0.1) is 0 Å². The van der Waals surface area contributed by atoms with Gasteiger partial charge in [-0.3, -0.25) is 9.59 Å². The molecule has 1 aromatic heterocycles. The molecule has 6 heteroatoms. The monoisotopic (exact) mass is 330 g/mol. The Morgan fingerprint density at radius 3 is 2.70 bits per heavy atom. The Labute approximate surface area is 138 Å². The topological polar surface area (TPSA) is 83.1 Å². The quantitative estimate of drug-likeness (QED) is 0.873. The van der Waals surface area contributed by atoms with Crippen molar-refractivity contribution >= 4 is 17.4 Å². The van der Waals surface area contributed by atoms with E-state index in [-0.39, 0.29) is 28.4 Å². The molecule has 0 aliphatic carbocycles. The molecular weight excluding hydrogens is 316 g/mol. The predicted molar refractivity (Wildman–Crippen MR) is 86.8 cm³/mol. The molecular formula is C17H15ClN2O3. The molecule has 0 saturated heterocycles. The van der Waals surface area contributed by atoms with Gasteiger partial charge < -0.3 is 9.67 Å². The lowest BCUT2D eigenvalue weighted by Gasteiger charge is -2.11. The number of nitrogens with zero attached hydrogens (tertiary/aromatic N) is 2. The molecule has 118 valence electrons. The summed E-state index contributed by atoms with van der Waals surface area (Å²) >= 11 is 5.86. The van der Waals surface area contributed by atoms with Crippen LogP contribution in [0.25, 0.3) is 0 Å². The van der Waals surface area contributed by atoms with Gasteiger partial charge in [-0.25, -0.2) is 0 Å². The van der Waals surface area contributed by atoms with Crippen molar-refractivity contribution in [3.05, 3.63) is 62.5 Å². The fourth-order valence-electron chi connectivity index (χ4n) is 2.21. The zero-order valence-electron chi connectivity index (χ0n) is 12.7. The molecule has 0 saturated carbocycles. The number of phenolic OH excluding ortho intramolecular Hbond substituents is 1. The van der Waals surface area contributed by atoms with E-state index in [0.29, 0.717) is 11.6 Å². The SMILES string of the molecule is CC(C)Cn1cc(C(=O)c2cc(Cl)ccc2O)cc(C#N)c1=O. The summed E-state index contributed by atoms with van der Waals surface area (Å²) in [6.07, 6.45) is 1.41. The number of benzene rings is 1. The van der Waals surface area contributed by atoms with Gasteiger partial charge in [0.15, 0.2) is 5.78 Å². The van der Waals surface area contributed by atoms with Crippen molar-refractivity contribution in [2.45, 2.75) is 20.4 Å². The molecule has 0 aliphatic rings. The van der Waals surface area contributed by atoms with Crippen molar-refractivity contribution in [1.82, 2.24) is 4.57 Å². The van der Waals surface area contributed by atoms with Crippen LogP contribution >= 0.6 is 11.6 Å². The predicted octanol–water partition coefficient (Wildman–Crippen LogP) is 2.97. The number of hydrogen-bond acceptors (Lipinski definition) is 4. The van der Waals surface area contributed by atoms with E-state index in [1.54, 1.807) is 0 Å². The minimum atomic E-state index is -0.501. The van der Waals surface area contributed by atoms with Gasteiger partial charge in [0.2, 0.25) is 0 Å². The van der Waals surface area contributed by atoms with Crippen LogP contribution in [0.1, 0.15) is 35.3 Å². The second-order valence-electron chi connectivity index (χ2n) is 5.60. The van der Waals surface area contributed by atoms with Crippen LogP contribution in [-0.2, 0) is 6.54 Å². The lowest BCUT2D eigenvalue weighted by Crippen LogP contribution is -2.25. The van der Waals surface area contributed by atoms with Crippen LogP contribution in [0, 0.1) is 17.2 Å². The molecule has 23 heavy (non-hydrogen) atoms. The summed E-state index contributed by atoms with van der Waals surface area (Å²) < 4.78 is 1.35. The van der Waals surface area contributed by atoms with E-state index in [4.69, 9.17) is 16.9 Å². The number of ketones is 1. The molecule has 0 fully saturated rings. The Hall–Kier alpha value is -2.58. The zero-order valence-corrected chi connectivity index (χ0v) is 13.5. The smallest absolute Gasteiger partial charge is 0.268 e. The zero-order chi connectivity index (χ0) is 17.1. The van der Waals surface area contributed by atoms with E-state index in [1.807, 2.05) is 19.9 Å². The van der Waals surface area contributed by atoms with E-state index in [0.717, 1.165) is 0 Å². The van der Waals surface area contributed by atoms with Crippen molar-refractivity contribution in [1.29, 1.82) is 5.26 Å². The first-order valence-electron chi connectivity index (χ1n) is 7.01. The number of aromatic nitrogens is 1. The second-order valence-corrected chi connectivity index (χ2v) is 6.03. The maximum Gasteiger partial charge on any atom is 0.268 e. The van der Waals surface area contributed by atoms with Crippen LogP contribution in [0.4, 0.5) is 0 Å². The highest BCUT2D eigenvalue weighted by Gasteiger charge is 2.17. The van der Waals surface area contributed by atoms with Crippen molar-refractivity contribution in [2.75, 3.05) is 0 Å². The number of carbonyl (C=O) groups excluding carboxylic acids is 1. The molecule has 0 radical (unpaired) electrons. The molecule has 0 amide bonds. The van der Waals surface area contributed by atoms with Crippen molar-refractivity contribution in [3.63, 3.8) is 0 Å². The Bertz CT molecular complexity index is 863. The van der Waals surface area contributed by atoms with E-state index in [1.165, 1.54) is 35.0 Å². The molecule has 5 nitrogen and oxygen atoms in total. The van der Waals surface area contributed by atoms with Crippen LogP contribution < -0.4 is 5.56 Å². The highest BCUT2D eigenvalue weighted by molar-refractivity contribution is 6.31. The number of rotatable bonds is 4. The molecule has 0 bridgehead atoms. The summed E-state index contributed by atoms with van der Waals surface area (Å²) in [5.74, 6) is -0.539. The standard InChI is InChI=1S/C17H15ClN2O3/c1-10(2)8-20-9-12(5-11(7-19)17(20)23)16(22)14-6-13(18)3-4-15(14)21/h3-6,9-10,21H,8H2,1-2H3. The molecule has 1 N–H and O–H groups in total. The summed E-state index contributed by atoms with van der Waals surface area (Å²) in [4.78, 5) is 24.7. The van der Waals surface area contributed by atoms with Gasteiger partial charge in [0, 0.05) is 23.3 Å².